The van der Waals surface area contributed by atoms with Gasteiger partial charge in [-0.15, -0.1) is 0 Å². The van der Waals surface area contributed by atoms with Crippen LogP contribution in [0.2, 0.25) is 0 Å². The molecule has 0 aromatic heterocycles. The van der Waals surface area contributed by atoms with Crippen LogP contribution in [0.3, 0.4) is 0 Å². The Kier molecular flexibility index (Phi) is 4.27. The molecule has 0 radical (unpaired) electrons. The Labute approximate surface area is 127 Å². The second kappa shape index (κ2) is 6.17. The number of nitrogens with two attached hydrogens (primary N) is 1. The number of hydrogen-bond donors (Lipinski definition) is 1. The van der Waals surface area contributed by atoms with Crippen LogP contribution in [0.5, 0.6) is 0 Å². The van der Waals surface area contributed by atoms with Crippen LogP contribution in [0.4, 0.5) is 0 Å². The Bertz CT molecular complexity index is 602. The fourth-order valence-corrected chi connectivity index (χ4v) is 3.56. The maximum Gasteiger partial charge on any atom is 0.0430 e. The van der Waals surface area contributed by atoms with Crippen molar-refractivity contribution in [2.24, 2.45) is 11.7 Å². The molecule has 2 aromatic rings. The number of likely N-dealkylation sites (tertiary alicyclic amines) is 1. The highest BCUT2D eigenvalue weighted by Gasteiger charge is 2.24. The molecule has 0 spiro atoms. The molecule has 21 heavy (non-hydrogen) atoms. The molecule has 1 heterocycles. The van der Waals surface area contributed by atoms with Gasteiger partial charge >= 0.3 is 0 Å². The van der Waals surface area contributed by atoms with Crippen molar-refractivity contribution in [1.82, 2.24) is 4.90 Å². The molecule has 1 fully saturated rings. The lowest BCUT2D eigenvalue weighted by Gasteiger charge is -2.38. The van der Waals surface area contributed by atoms with Crippen LogP contribution >= 0.6 is 0 Å². The largest absolute Gasteiger partial charge is 0.323 e. The van der Waals surface area contributed by atoms with Crippen molar-refractivity contribution in [3.05, 3.63) is 48.0 Å². The van der Waals surface area contributed by atoms with Crippen molar-refractivity contribution >= 4 is 10.8 Å². The molecule has 3 rings (SSSR count). The van der Waals surface area contributed by atoms with Gasteiger partial charge in [0.15, 0.2) is 0 Å². The van der Waals surface area contributed by atoms with E-state index in [1.54, 1.807) is 0 Å². The van der Waals surface area contributed by atoms with Gasteiger partial charge in [0, 0.05) is 25.2 Å². The summed E-state index contributed by atoms with van der Waals surface area (Å²) in [5, 5.41) is 2.58. The van der Waals surface area contributed by atoms with Crippen molar-refractivity contribution in [1.29, 1.82) is 0 Å². The zero-order valence-corrected chi connectivity index (χ0v) is 13.1. The highest BCUT2D eigenvalue weighted by molar-refractivity contribution is 5.86. The molecule has 0 saturated carbocycles. The molecule has 3 unspecified atom stereocenters. The van der Waals surface area contributed by atoms with Gasteiger partial charge in [-0.05, 0) is 42.0 Å². The average Bonchev–Trinajstić information content (AvgIpc) is 2.50. The van der Waals surface area contributed by atoms with Gasteiger partial charge in [0.25, 0.3) is 0 Å². The highest BCUT2D eigenvalue weighted by atomic mass is 15.2. The third kappa shape index (κ3) is 3.12. The van der Waals surface area contributed by atoms with Crippen LogP contribution in [0.1, 0.15) is 38.3 Å². The molecule has 1 aliphatic rings. The van der Waals surface area contributed by atoms with Crippen molar-refractivity contribution in [3.63, 3.8) is 0 Å². The van der Waals surface area contributed by atoms with Crippen LogP contribution < -0.4 is 5.73 Å². The maximum atomic E-state index is 6.56. The predicted molar refractivity (Wildman–Crippen MR) is 90.3 cm³/mol. The summed E-state index contributed by atoms with van der Waals surface area (Å²) in [6.45, 7) is 6.82. The van der Waals surface area contributed by atoms with Gasteiger partial charge in [-0.1, -0.05) is 49.4 Å². The molecule has 1 aliphatic heterocycles. The van der Waals surface area contributed by atoms with Gasteiger partial charge in [0.2, 0.25) is 0 Å². The summed E-state index contributed by atoms with van der Waals surface area (Å²) in [6, 6.07) is 15.8. The number of benzene rings is 2. The molecular formula is C19H26N2. The average molecular weight is 282 g/mol. The molecule has 112 valence electrons. The third-order valence-electron chi connectivity index (χ3n) is 4.90. The standard InChI is InChI=1S/C19H26N2/c1-14-10-11-15(2)21(12-14)13-19(20)18-9-5-7-16-6-3-4-8-17(16)18/h3-9,14-15,19H,10-13,20H2,1-2H3. The maximum absolute atomic E-state index is 6.56. The molecule has 0 bridgehead atoms. The number of fused-ring (bicyclic) bond motifs is 1. The van der Waals surface area contributed by atoms with E-state index in [1.807, 2.05) is 0 Å². The second-order valence-corrected chi connectivity index (χ2v) is 6.66. The minimum Gasteiger partial charge on any atom is -0.323 e. The zero-order valence-electron chi connectivity index (χ0n) is 13.1. The molecule has 0 aliphatic carbocycles. The van der Waals surface area contributed by atoms with Crippen molar-refractivity contribution in [2.75, 3.05) is 13.1 Å². The van der Waals surface area contributed by atoms with Crippen molar-refractivity contribution < 1.29 is 0 Å². The van der Waals surface area contributed by atoms with Gasteiger partial charge in [0.05, 0.1) is 0 Å². The van der Waals surface area contributed by atoms with E-state index in [-0.39, 0.29) is 6.04 Å². The van der Waals surface area contributed by atoms with Gasteiger partial charge in [-0.25, -0.2) is 0 Å². The Hall–Kier alpha value is -1.38. The van der Waals surface area contributed by atoms with Crippen LogP contribution in [0.15, 0.2) is 42.5 Å². The second-order valence-electron chi connectivity index (χ2n) is 6.66. The van der Waals surface area contributed by atoms with E-state index in [9.17, 15) is 0 Å². The quantitative estimate of drug-likeness (QED) is 0.923. The number of nitrogens with zero attached hydrogens (tertiary/aromatic N) is 1. The van der Waals surface area contributed by atoms with Crippen LogP contribution in [0, 0.1) is 5.92 Å². The first-order valence-electron chi connectivity index (χ1n) is 8.12. The highest BCUT2D eigenvalue weighted by Crippen LogP contribution is 2.27. The summed E-state index contributed by atoms with van der Waals surface area (Å²) in [5.74, 6) is 0.793. The normalized spacial score (nSPS) is 25.1. The molecule has 2 heteroatoms. The topological polar surface area (TPSA) is 29.3 Å². The fourth-order valence-electron chi connectivity index (χ4n) is 3.56. The Morgan fingerprint density at radius 1 is 1.10 bits per heavy atom. The monoisotopic (exact) mass is 282 g/mol. The minimum atomic E-state index is 0.0869. The predicted octanol–water partition coefficient (Wildman–Crippen LogP) is 3.96. The van der Waals surface area contributed by atoms with Crippen LogP contribution in [-0.4, -0.2) is 24.0 Å². The number of hydrogen-bond acceptors (Lipinski definition) is 2. The van der Waals surface area contributed by atoms with Crippen molar-refractivity contribution in [2.45, 2.75) is 38.8 Å². The van der Waals surface area contributed by atoms with E-state index in [4.69, 9.17) is 5.73 Å². The van der Waals surface area contributed by atoms with Gasteiger partial charge in [0.1, 0.15) is 0 Å². The van der Waals surface area contributed by atoms with Crippen molar-refractivity contribution in [3.8, 4) is 0 Å². The fraction of sp³-hybridized carbons (Fsp3) is 0.474. The molecule has 3 atom stereocenters. The lowest BCUT2D eigenvalue weighted by molar-refractivity contribution is 0.118. The first-order chi connectivity index (χ1) is 10.1. The molecule has 1 saturated heterocycles. The van der Waals surface area contributed by atoms with E-state index < -0.39 is 0 Å². The summed E-state index contributed by atoms with van der Waals surface area (Å²) in [4.78, 5) is 2.57. The Morgan fingerprint density at radius 2 is 1.86 bits per heavy atom. The van der Waals surface area contributed by atoms with Crippen LogP contribution in [0.25, 0.3) is 10.8 Å². The SMILES string of the molecule is CC1CCC(C)N(CC(N)c2cccc3ccccc23)C1. The molecule has 2 aromatic carbocycles. The van der Waals surface area contributed by atoms with E-state index in [0.29, 0.717) is 6.04 Å². The molecule has 0 amide bonds. The first-order valence-corrected chi connectivity index (χ1v) is 8.12. The molecule has 2 N–H and O–H groups in total. The minimum absolute atomic E-state index is 0.0869. The first kappa shape index (κ1) is 14.6. The Balaban J connectivity index is 1.82. The lowest BCUT2D eigenvalue weighted by atomic mass is 9.93. The van der Waals surface area contributed by atoms with Gasteiger partial charge in [-0.2, -0.15) is 0 Å². The van der Waals surface area contributed by atoms with Crippen LogP contribution in [-0.2, 0) is 0 Å². The lowest BCUT2D eigenvalue weighted by Crippen LogP contribution is -2.44. The van der Waals surface area contributed by atoms with Gasteiger partial charge < -0.3 is 5.73 Å². The Morgan fingerprint density at radius 3 is 2.71 bits per heavy atom. The van der Waals surface area contributed by atoms with E-state index in [2.05, 4.69) is 61.2 Å². The third-order valence-corrected chi connectivity index (χ3v) is 4.90. The summed E-state index contributed by atoms with van der Waals surface area (Å²) >= 11 is 0. The smallest absolute Gasteiger partial charge is 0.0430 e. The summed E-state index contributed by atoms with van der Waals surface area (Å²) in [7, 11) is 0. The molecule has 2 nitrogen and oxygen atoms in total. The van der Waals surface area contributed by atoms with E-state index in [1.165, 1.54) is 35.7 Å². The van der Waals surface area contributed by atoms with Gasteiger partial charge in [-0.3, -0.25) is 4.90 Å². The summed E-state index contributed by atoms with van der Waals surface area (Å²) in [5.41, 5.74) is 7.83. The van der Waals surface area contributed by atoms with E-state index in [0.717, 1.165) is 12.5 Å². The summed E-state index contributed by atoms with van der Waals surface area (Å²) < 4.78 is 0. The molecular weight excluding hydrogens is 256 g/mol. The summed E-state index contributed by atoms with van der Waals surface area (Å²) in [6.07, 6.45) is 2.64. The number of rotatable bonds is 3. The van der Waals surface area contributed by atoms with E-state index >= 15 is 0 Å². The zero-order chi connectivity index (χ0) is 14.8. The number of piperidine rings is 1.